The molecule has 1 aliphatic heterocycles. The highest BCUT2D eigenvalue weighted by Gasteiger charge is 2.32. The fraction of sp³-hybridized carbons (Fsp3) is 0.600. The van der Waals surface area contributed by atoms with Gasteiger partial charge in [-0.05, 0) is 52.4 Å². The van der Waals surface area contributed by atoms with E-state index in [2.05, 4.69) is 40.0 Å². The highest BCUT2D eigenvalue weighted by atomic mass is 16.5. The zero-order valence-corrected chi connectivity index (χ0v) is 16.6. The van der Waals surface area contributed by atoms with Crippen LogP contribution in [0, 0.1) is 12.8 Å². The summed E-state index contributed by atoms with van der Waals surface area (Å²) >= 11 is 0. The van der Waals surface area contributed by atoms with Gasteiger partial charge in [-0.1, -0.05) is 0 Å². The number of likely N-dealkylation sites (tertiary alicyclic amines) is 1. The molecule has 6 nitrogen and oxygen atoms in total. The number of piperidine rings is 1. The molecule has 0 bridgehead atoms. The minimum absolute atomic E-state index is 0.415. The largest absolute Gasteiger partial charge is 0.497 e. The number of hydrogen-bond acceptors (Lipinski definition) is 5. The summed E-state index contributed by atoms with van der Waals surface area (Å²) in [7, 11) is 8.17. The molecule has 1 saturated heterocycles. The van der Waals surface area contributed by atoms with Crippen LogP contribution in [0.3, 0.4) is 0 Å². The Hall–Kier alpha value is -1.92. The molecule has 3 heterocycles. The average molecular weight is 358 g/mol. The van der Waals surface area contributed by atoms with Gasteiger partial charge in [0.05, 0.1) is 24.5 Å². The van der Waals surface area contributed by atoms with E-state index in [1.165, 1.54) is 18.5 Å². The average Bonchev–Trinajstić information content (AvgIpc) is 3.00. The van der Waals surface area contributed by atoms with Gasteiger partial charge in [-0.3, -0.25) is 14.6 Å². The molecule has 0 amide bonds. The molecule has 26 heavy (non-hydrogen) atoms. The van der Waals surface area contributed by atoms with Crippen LogP contribution in [-0.4, -0.2) is 58.9 Å². The summed E-state index contributed by atoms with van der Waals surface area (Å²) in [6.45, 7) is 5.03. The predicted molar refractivity (Wildman–Crippen MR) is 103 cm³/mol. The van der Waals surface area contributed by atoms with E-state index < -0.39 is 0 Å². The Kier molecular flexibility index (Phi) is 5.94. The SMILES string of the molecule is COc1cc(C)nc(CN(C)C[C@@H]2CCCN(C)[C@H]2c2ccnn2C)c1. The molecule has 3 rings (SSSR count). The van der Waals surface area contributed by atoms with Crippen molar-refractivity contribution in [2.45, 2.75) is 32.4 Å². The van der Waals surface area contributed by atoms with E-state index in [-0.39, 0.29) is 0 Å². The summed E-state index contributed by atoms with van der Waals surface area (Å²) in [6.07, 6.45) is 4.40. The Bertz CT molecular complexity index is 729. The van der Waals surface area contributed by atoms with E-state index in [1.54, 1.807) is 7.11 Å². The van der Waals surface area contributed by atoms with E-state index in [1.807, 2.05) is 37.0 Å². The molecule has 0 aromatic carbocycles. The van der Waals surface area contributed by atoms with E-state index in [4.69, 9.17) is 4.74 Å². The van der Waals surface area contributed by atoms with Crippen LogP contribution in [0.25, 0.3) is 0 Å². The molecular formula is C20H31N5O. The highest BCUT2D eigenvalue weighted by Crippen LogP contribution is 2.35. The van der Waals surface area contributed by atoms with Gasteiger partial charge >= 0.3 is 0 Å². The monoisotopic (exact) mass is 357 g/mol. The summed E-state index contributed by atoms with van der Waals surface area (Å²) in [6, 6.07) is 6.58. The Balaban J connectivity index is 1.71. The van der Waals surface area contributed by atoms with Gasteiger partial charge in [0.1, 0.15) is 5.75 Å². The zero-order chi connectivity index (χ0) is 18.7. The predicted octanol–water partition coefficient (Wildman–Crippen LogP) is 2.65. The summed E-state index contributed by atoms with van der Waals surface area (Å²) in [5, 5.41) is 4.39. The maximum absolute atomic E-state index is 5.39. The topological polar surface area (TPSA) is 46.4 Å². The van der Waals surface area contributed by atoms with E-state index in [0.717, 1.165) is 36.8 Å². The molecule has 2 aromatic rings. The summed E-state index contributed by atoms with van der Waals surface area (Å²) in [5.74, 6) is 1.46. The summed E-state index contributed by atoms with van der Waals surface area (Å²) in [5.41, 5.74) is 3.37. The first-order chi connectivity index (χ1) is 12.5. The molecular weight excluding hydrogens is 326 g/mol. The maximum atomic E-state index is 5.39. The molecule has 0 spiro atoms. The van der Waals surface area contributed by atoms with Crippen molar-refractivity contribution < 1.29 is 4.74 Å². The molecule has 142 valence electrons. The number of methoxy groups -OCH3 is 1. The number of ether oxygens (including phenoxy) is 1. The Morgan fingerprint density at radius 3 is 2.81 bits per heavy atom. The molecule has 0 aliphatic carbocycles. The first-order valence-electron chi connectivity index (χ1n) is 9.36. The lowest BCUT2D eigenvalue weighted by Crippen LogP contribution is -2.41. The van der Waals surface area contributed by atoms with Crippen molar-refractivity contribution >= 4 is 0 Å². The third kappa shape index (κ3) is 4.24. The van der Waals surface area contributed by atoms with Gasteiger partial charge in [-0.2, -0.15) is 5.10 Å². The molecule has 0 unspecified atom stereocenters. The van der Waals surface area contributed by atoms with Crippen molar-refractivity contribution in [2.75, 3.05) is 34.3 Å². The fourth-order valence-corrected chi connectivity index (χ4v) is 4.24. The third-order valence-electron chi connectivity index (χ3n) is 5.36. The molecule has 2 aromatic heterocycles. The Morgan fingerprint density at radius 2 is 2.12 bits per heavy atom. The molecule has 1 fully saturated rings. The van der Waals surface area contributed by atoms with Crippen LogP contribution in [0.15, 0.2) is 24.4 Å². The number of hydrogen-bond donors (Lipinski definition) is 0. The summed E-state index contributed by atoms with van der Waals surface area (Å²) < 4.78 is 7.41. The second-order valence-electron chi connectivity index (χ2n) is 7.54. The number of rotatable bonds is 6. The van der Waals surface area contributed by atoms with Gasteiger partial charge in [0, 0.05) is 44.2 Å². The maximum Gasteiger partial charge on any atom is 0.122 e. The van der Waals surface area contributed by atoms with Crippen LogP contribution >= 0.6 is 0 Å². The highest BCUT2D eigenvalue weighted by molar-refractivity contribution is 5.26. The van der Waals surface area contributed by atoms with E-state index in [0.29, 0.717) is 12.0 Å². The van der Waals surface area contributed by atoms with E-state index >= 15 is 0 Å². The van der Waals surface area contributed by atoms with Crippen molar-refractivity contribution in [3.8, 4) is 5.75 Å². The number of nitrogens with zero attached hydrogens (tertiary/aromatic N) is 5. The van der Waals surface area contributed by atoms with Crippen LogP contribution in [0.5, 0.6) is 5.75 Å². The number of pyridine rings is 1. The van der Waals surface area contributed by atoms with E-state index in [9.17, 15) is 0 Å². The molecule has 0 saturated carbocycles. The second kappa shape index (κ2) is 8.18. The molecule has 6 heteroatoms. The van der Waals surface area contributed by atoms with Crippen LogP contribution < -0.4 is 4.74 Å². The molecule has 1 aliphatic rings. The van der Waals surface area contributed by atoms with Crippen LogP contribution in [-0.2, 0) is 13.6 Å². The first-order valence-corrected chi connectivity index (χ1v) is 9.36. The lowest BCUT2D eigenvalue weighted by molar-refractivity contribution is 0.0869. The zero-order valence-electron chi connectivity index (χ0n) is 16.6. The second-order valence-corrected chi connectivity index (χ2v) is 7.54. The van der Waals surface area contributed by atoms with Crippen molar-refractivity contribution in [3.05, 3.63) is 41.5 Å². The fourth-order valence-electron chi connectivity index (χ4n) is 4.24. The van der Waals surface area contributed by atoms with Crippen LogP contribution in [0.2, 0.25) is 0 Å². The normalized spacial score (nSPS) is 21.3. The summed E-state index contributed by atoms with van der Waals surface area (Å²) in [4.78, 5) is 9.53. The van der Waals surface area contributed by atoms with Gasteiger partial charge in [-0.15, -0.1) is 0 Å². The van der Waals surface area contributed by atoms with Crippen LogP contribution in [0.4, 0.5) is 0 Å². The Labute approximate surface area is 156 Å². The standard InChI is InChI=1S/C20H31N5O/c1-15-11-18(26-5)12-17(22-15)14-23(2)13-16-7-6-10-24(3)20(16)19-8-9-21-25(19)4/h8-9,11-12,16,20H,6-7,10,13-14H2,1-5H3/t16-,20+/m0/s1. The van der Waals surface area contributed by atoms with Gasteiger partial charge in [0.15, 0.2) is 0 Å². The number of aromatic nitrogens is 3. The molecule has 0 radical (unpaired) electrons. The first kappa shape index (κ1) is 18.9. The minimum Gasteiger partial charge on any atom is -0.497 e. The van der Waals surface area contributed by atoms with Crippen molar-refractivity contribution in [3.63, 3.8) is 0 Å². The smallest absolute Gasteiger partial charge is 0.122 e. The van der Waals surface area contributed by atoms with Gasteiger partial charge in [0.25, 0.3) is 0 Å². The number of aryl methyl sites for hydroxylation is 2. The quantitative estimate of drug-likeness (QED) is 0.795. The van der Waals surface area contributed by atoms with Crippen molar-refractivity contribution in [1.29, 1.82) is 0 Å². The lowest BCUT2D eigenvalue weighted by atomic mass is 9.87. The van der Waals surface area contributed by atoms with Gasteiger partial charge in [-0.25, -0.2) is 0 Å². The van der Waals surface area contributed by atoms with Crippen molar-refractivity contribution in [2.24, 2.45) is 13.0 Å². The van der Waals surface area contributed by atoms with Crippen LogP contribution in [0.1, 0.15) is 36.0 Å². The Morgan fingerprint density at radius 1 is 1.31 bits per heavy atom. The lowest BCUT2D eigenvalue weighted by Gasteiger charge is -2.40. The van der Waals surface area contributed by atoms with Gasteiger partial charge < -0.3 is 9.64 Å². The molecule has 2 atom stereocenters. The van der Waals surface area contributed by atoms with Crippen molar-refractivity contribution in [1.82, 2.24) is 24.6 Å². The third-order valence-corrected chi connectivity index (χ3v) is 5.36. The molecule has 0 N–H and O–H groups in total. The minimum atomic E-state index is 0.415. The van der Waals surface area contributed by atoms with Gasteiger partial charge in [0.2, 0.25) is 0 Å².